The van der Waals surface area contributed by atoms with Crippen molar-refractivity contribution in [3.63, 3.8) is 0 Å². The third-order valence-corrected chi connectivity index (χ3v) is 8.42. The average Bonchev–Trinajstić information content (AvgIpc) is 3.36. The van der Waals surface area contributed by atoms with Gasteiger partial charge in [0.25, 0.3) is 0 Å². The summed E-state index contributed by atoms with van der Waals surface area (Å²) in [6, 6.07) is 32.2. The summed E-state index contributed by atoms with van der Waals surface area (Å²) in [6.07, 6.45) is -2.30. The van der Waals surface area contributed by atoms with Crippen molar-refractivity contribution in [3.8, 4) is 11.5 Å². The predicted octanol–water partition coefficient (Wildman–Crippen LogP) is 4.94. The molecule has 232 valence electrons. The van der Waals surface area contributed by atoms with Gasteiger partial charge in [-0.3, -0.25) is 0 Å². The number of halogens is 1. The highest BCUT2D eigenvalue weighted by atomic mass is 35.5. The van der Waals surface area contributed by atoms with Crippen molar-refractivity contribution in [3.05, 3.63) is 130 Å². The van der Waals surface area contributed by atoms with E-state index in [-0.39, 0.29) is 13.2 Å². The van der Waals surface area contributed by atoms with Gasteiger partial charge in [0.15, 0.2) is 6.29 Å². The van der Waals surface area contributed by atoms with Crippen molar-refractivity contribution in [1.82, 2.24) is 0 Å². The molecule has 8 nitrogen and oxygen atoms in total. The van der Waals surface area contributed by atoms with Crippen LogP contribution in [0.5, 0.6) is 11.5 Å². The molecule has 0 aliphatic carbocycles. The fourth-order valence-corrected chi connectivity index (χ4v) is 5.87. The summed E-state index contributed by atoms with van der Waals surface area (Å²) in [4.78, 5) is 0. The van der Waals surface area contributed by atoms with E-state index in [1.54, 1.807) is 26.4 Å². The fraction of sp³-hybridized carbons (Fsp3) is 0.314. The van der Waals surface area contributed by atoms with Gasteiger partial charge in [0, 0.05) is 5.02 Å². The highest BCUT2D eigenvalue weighted by Gasteiger charge is 2.56. The van der Waals surface area contributed by atoms with Crippen molar-refractivity contribution in [2.24, 2.45) is 5.92 Å². The highest BCUT2D eigenvalue weighted by Crippen LogP contribution is 2.44. The van der Waals surface area contributed by atoms with E-state index < -0.39 is 42.7 Å². The molecule has 1 aliphatic heterocycles. The molecule has 1 fully saturated rings. The molecule has 1 saturated heterocycles. The minimum atomic E-state index is -1.55. The van der Waals surface area contributed by atoms with Crippen LogP contribution in [0.25, 0.3) is 0 Å². The molecule has 5 rings (SSSR count). The molecule has 0 amide bonds. The Labute approximate surface area is 262 Å². The van der Waals surface area contributed by atoms with Crippen molar-refractivity contribution >= 4 is 11.6 Å². The quantitative estimate of drug-likeness (QED) is 0.181. The average molecular weight is 621 g/mol. The number of hydrogen-bond donors (Lipinski definition) is 3. The summed E-state index contributed by atoms with van der Waals surface area (Å²) in [6.45, 7) is -1.05. The third-order valence-electron chi connectivity index (χ3n) is 8.17. The van der Waals surface area contributed by atoms with Crippen molar-refractivity contribution in [2.75, 3.05) is 34.0 Å². The van der Waals surface area contributed by atoms with Gasteiger partial charge in [0.2, 0.25) is 0 Å². The highest BCUT2D eigenvalue weighted by molar-refractivity contribution is 6.30. The molecule has 9 heteroatoms. The largest absolute Gasteiger partial charge is 0.497 e. The van der Waals surface area contributed by atoms with E-state index in [1.807, 2.05) is 91.0 Å². The van der Waals surface area contributed by atoms with Crippen LogP contribution < -0.4 is 9.47 Å². The van der Waals surface area contributed by atoms with Gasteiger partial charge in [-0.25, -0.2) is 0 Å². The molecule has 0 aromatic heterocycles. The topological polar surface area (TPSA) is 107 Å². The van der Waals surface area contributed by atoms with Crippen LogP contribution in [-0.4, -0.2) is 67.4 Å². The lowest BCUT2D eigenvalue weighted by atomic mass is 9.79. The Bertz CT molecular complexity index is 1410. The van der Waals surface area contributed by atoms with Gasteiger partial charge in [0.05, 0.1) is 46.6 Å². The first kappa shape index (κ1) is 31.9. The van der Waals surface area contributed by atoms with Gasteiger partial charge in [-0.15, -0.1) is 0 Å². The zero-order valence-electron chi connectivity index (χ0n) is 24.6. The Balaban J connectivity index is 1.56. The van der Waals surface area contributed by atoms with Crippen LogP contribution in [-0.2, 0) is 26.4 Å². The van der Waals surface area contributed by atoms with E-state index in [0.29, 0.717) is 16.5 Å². The van der Waals surface area contributed by atoms with E-state index in [0.717, 1.165) is 22.3 Å². The van der Waals surface area contributed by atoms with Crippen LogP contribution in [0, 0.1) is 5.92 Å². The molecule has 4 aromatic rings. The number of benzene rings is 4. The van der Waals surface area contributed by atoms with Crippen LogP contribution in [0.1, 0.15) is 22.3 Å². The molecule has 0 saturated carbocycles. The molecular formula is C35H37ClO8. The number of methoxy groups -OCH3 is 2. The van der Waals surface area contributed by atoms with E-state index in [9.17, 15) is 15.3 Å². The van der Waals surface area contributed by atoms with Crippen LogP contribution in [0.2, 0.25) is 5.02 Å². The molecule has 0 radical (unpaired) electrons. The van der Waals surface area contributed by atoms with Gasteiger partial charge < -0.3 is 39.0 Å². The van der Waals surface area contributed by atoms with Crippen LogP contribution in [0.15, 0.2) is 103 Å². The van der Waals surface area contributed by atoms with Gasteiger partial charge in [-0.05, 0) is 58.7 Å². The first-order valence-corrected chi connectivity index (χ1v) is 14.7. The van der Waals surface area contributed by atoms with E-state index >= 15 is 0 Å². The lowest BCUT2D eigenvalue weighted by Gasteiger charge is -2.38. The predicted molar refractivity (Wildman–Crippen MR) is 166 cm³/mol. The molecule has 0 bridgehead atoms. The Morgan fingerprint density at radius 3 is 1.77 bits per heavy atom. The third kappa shape index (κ3) is 6.34. The van der Waals surface area contributed by atoms with E-state index in [2.05, 4.69) is 0 Å². The molecule has 3 N–H and O–H groups in total. The standard InChI is InChI=1S/C35H37ClO8/c1-40-29-16-10-26(11-17-29)35(25-6-4-3-5-7-25,27-12-18-30(41-2)19-13-27)43-21-31-32(34(22-37,23-38)44-33(31)39)42-20-24-8-14-28(36)15-9-24/h3-19,31-33,37-39H,20-23H2,1-2H3/t31-,32+,33+/m0/s1. The summed E-state index contributed by atoms with van der Waals surface area (Å²) >= 11 is 6.05. The number of ether oxygens (including phenoxy) is 5. The second kappa shape index (κ2) is 14.1. The summed E-state index contributed by atoms with van der Waals surface area (Å²) < 4.78 is 30.0. The van der Waals surface area contributed by atoms with Gasteiger partial charge >= 0.3 is 0 Å². The smallest absolute Gasteiger partial charge is 0.163 e. The molecular weight excluding hydrogens is 584 g/mol. The molecule has 4 aromatic carbocycles. The van der Waals surface area contributed by atoms with Gasteiger partial charge in [-0.2, -0.15) is 0 Å². The number of hydrogen-bond acceptors (Lipinski definition) is 8. The second-order valence-electron chi connectivity index (χ2n) is 10.7. The Kier molecular flexibility index (Phi) is 10.2. The van der Waals surface area contributed by atoms with Crippen LogP contribution in [0.3, 0.4) is 0 Å². The van der Waals surface area contributed by atoms with Crippen molar-refractivity contribution in [1.29, 1.82) is 0 Å². The Morgan fingerprint density at radius 1 is 0.750 bits per heavy atom. The maximum Gasteiger partial charge on any atom is 0.163 e. The lowest BCUT2D eigenvalue weighted by molar-refractivity contribution is -0.191. The number of aliphatic hydroxyl groups is 3. The van der Waals surface area contributed by atoms with Crippen LogP contribution >= 0.6 is 11.6 Å². The first-order chi connectivity index (χ1) is 21.4. The molecule has 1 aliphatic rings. The minimum Gasteiger partial charge on any atom is -0.497 e. The first-order valence-electron chi connectivity index (χ1n) is 14.3. The van der Waals surface area contributed by atoms with E-state index in [1.165, 1.54) is 0 Å². The zero-order chi connectivity index (χ0) is 31.2. The van der Waals surface area contributed by atoms with Crippen molar-refractivity contribution in [2.45, 2.75) is 30.2 Å². The normalized spacial score (nSPS) is 19.5. The minimum absolute atomic E-state index is 0.0544. The molecule has 1 heterocycles. The Hall–Kier alpha value is -3.47. The molecule has 3 atom stereocenters. The molecule has 44 heavy (non-hydrogen) atoms. The summed E-state index contributed by atoms with van der Waals surface area (Å²) in [5.41, 5.74) is 0.613. The SMILES string of the molecule is COc1ccc(C(OC[C@@H]2[C@H](O)OC(CO)(CO)[C@@H]2OCc2ccc(Cl)cc2)(c2ccccc2)c2ccc(OC)cc2)cc1. The summed E-state index contributed by atoms with van der Waals surface area (Å²) in [7, 11) is 3.22. The fourth-order valence-electron chi connectivity index (χ4n) is 5.75. The number of rotatable bonds is 13. The second-order valence-corrected chi connectivity index (χ2v) is 11.2. The number of aliphatic hydroxyl groups excluding tert-OH is 3. The summed E-state index contributed by atoms with van der Waals surface area (Å²) in [5, 5.41) is 32.5. The maximum atomic E-state index is 11.2. The lowest BCUT2D eigenvalue weighted by Crippen LogP contribution is -2.50. The zero-order valence-corrected chi connectivity index (χ0v) is 25.4. The monoisotopic (exact) mass is 620 g/mol. The van der Waals surface area contributed by atoms with Crippen LogP contribution in [0.4, 0.5) is 0 Å². The summed E-state index contributed by atoms with van der Waals surface area (Å²) in [5.74, 6) is 0.606. The van der Waals surface area contributed by atoms with Gasteiger partial charge in [-0.1, -0.05) is 78.3 Å². The van der Waals surface area contributed by atoms with Gasteiger partial charge in [0.1, 0.15) is 28.8 Å². The van der Waals surface area contributed by atoms with E-state index in [4.69, 9.17) is 35.3 Å². The molecule has 0 unspecified atom stereocenters. The van der Waals surface area contributed by atoms with Crippen molar-refractivity contribution < 1.29 is 39.0 Å². The Morgan fingerprint density at radius 2 is 1.27 bits per heavy atom. The maximum absolute atomic E-state index is 11.2. The molecule has 0 spiro atoms.